The third kappa shape index (κ3) is 5.58. The van der Waals surface area contributed by atoms with E-state index in [1.807, 2.05) is 30.9 Å². The summed E-state index contributed by atoms with van der Waals surface area (Å²) in [6.07, 6.45) is 3.20. The van der Waals surface area contributed by atoms with Gasteiger partial charge < -0.3 is 19.3 Å². The summed E-state index contributed by atoms with van der Waals surface area (Å²) in [4.78, 5) is 31.0. The van der Waals surface area contributed by atoms with Gasteiger partial charge in [0.1, 0.15) is 12.4 Å². The Kier molecular flexibility index (Phi) is 7.71. The summed E-state index contributed by atoms with van der Waals surface area (Å²) in [7, 11) is 0. The highest BCUT2D eigenvalue weighted by Gasteiger charge is 2.34. The van der Waals surface area contributed by atoms with Crippen molar-refractivity contribution in [1.29, 1.82) is 0 Å². The lowest BCUT2D eigenvalue weighted by Crippen LogP contribution is -2.49. The van der Waals surface area contributed by atoms with E-state index in [9.17, 15) is 9.59 Å². The number of nitrogens with zero attached hydrogens (tertiary/aromatic N) is 2. The highest BCUT2D eigenvalue weighted by Crippen LogP contribution is 2.34. The summed E-state index contributed by atoms with van der Waals surface area (Å²) in [6.45, 7) is 8.30. The Labute approximate surface area is 200 Å². The predicted octanol–water partition coefficient (Wildman–Crippen LogP) is 4.29. The first kappa shape index (κ1) is 23.8. The molecule has 2 amide bonds. The zero-order valence-corrected chi connectivity index (χ0v) is 20.7. The van der Waals surface area contributed by atoms with Crippen molar-refractivity contribution < 1.29 is 19.1 Å². The van der Waals surface area contributed by atoms with Crippen LogP contribution in [0.4, 0.5) is 0 Å². The number of amides is 2. The lowest BCUT2D eigenvalue weighted by molar-refractivity contribution is -0.143. The summed E-state index contributed by atoms with van der Waals surface area (Å²) >= 11 is 1.74. The average molecular weight is 471 g/mol. The van der Waals surface area contributed by atoms with Crippen LogP contribution < -0.4 is 4.74 Å². The van der Waals surface area contributed by atoms with E-state index in [0.717, 1.165) is 42.7 Å². The predicted molar refractivity (Wildman–Crippen MR) is 130 cm³/mol. The number of hydrogen-bond donors (Lipinski definition) is 0. The molecule has 2 aromatic rings. The van der Waals surface area contributed by atoms with Crippen molar-refractivity contribution in [2.45, 2.75) is 58.6 Å². The molecule has 3 heterocycles. The van der Waals surface area contributed by atoms with E-state index >= 15 is 0 Å². The minimum Gasteiger partial charge on any atom is -0.491 e. The van der Waals surface area contributed by atoms with Gasteiger partial charge in [0.2, 0.25) is 11.8 Å². The zero-order chi connectivity index (χ0) is 23.4. The standard InChI is InChI=1S/C26H34N2O4S/c1-4-25(29)27(15-20-6-5-12-31-20)16-26(30)28-11-9-24-21(10-13-33-24)22(28)17-32-23-8-7-18(2)14-19(23)3/h7-8,10,13-14,20,22H,4-6,9,11-12,15-17H2,1-3H3/t20-,22+/m0/s1. The Bertz CT molecular complexity index is 982. The second kappa shape index (κ2) is 10.7. The molecule has 178 valence electrons. The Morgan fingerprint density at radius 3 is 2.85 bits per heavy atom. The van der Waals surface area contributed by atoms with Gasteiger partial charge in [0.25, 0.3) is 0 Å². The lowest BCUT2D eigenvalue weighted by atomic mass is 10.00. The van der Waals surface area contributed by atoms with Crippen LogP contribution in [0.2, 0.25) is 0 Å². The molecule has 33 heavy (non-hydrogen) atoms. The number of hydrogen-bond acceptors (Lipinski definition) is 5. The third-order valence-electron chi connectivity index (χ3n) is 6.57. The molecule has 2 aliphatic heterocycles. The Morgan fingerprint density at radius 1 is 1.27 bits per heavy atom. The minimum absolute atomic E-state index is 0.00448. The topological polar surface area (TPSA) is 59.1 Å². The van der Waals surface area contributed by atoms with Crippen LogP contribution >= 0.6 is 11.3 Å². The third-order valence-corrected chi connectivity index (χ3v) is 7.57. The van der Waals surface area contributed by atoms with Gasteiger partial charge in [0.05, 0.1) is 18.7 Å². The van der Waals surface area contributed by atoms with Crippen molar-refractivity contribution in [1.82, 2.24) is 9.80 Å². The molecule has 1 aromatic carbocycles. The molecule has 7 heteroatoms. The normalized spacial score (nSPS) is 19.9. The van der Waals surface area contributed by atoms with E-state index in [4.69, 9.17) is 9.47 Å². The molecule has 2 atom stereocenters. The highest BCUT2D eigenvalue weighted by atomic mass is 32.1. The number of rotatable bonds is 8. The van der Waals surface area contributed by atoms with Crippen molar-refractivity contribution in [3.05, 3.63) is 51.2 Å². The maximum Gasteiger partial charge on any atom is 0.242 e. The fraction of sp³-hybridized carbons (Fsp3) is 0.538. The molecule has 0 radical (unpaired) electrons. The molecule has 0 aliphatic carbocycles. The summed E-state index contributed by atoms with van der Waals surface area (Å²) in [5.74, 6) is 0.813. The molecule has 0 unspecified atom stereocenters. The van der Waals surface area contributed by atoms with Gasteiger partial charge in [-0.15, -0.1) is 11.3 Å². The fourth-order valence-electron chi connectivity index (χ4n) is 4.77. The van der Waals surface area contributed by atoms with E-state index < -0.39 is 0 Å². The molecule has 4 rings (SSSR count). The molecule has 1 fully saturated rings. The van der Waals surface area contributed by atoms with E-state index in [2.05, 4.69) is 24.4 Å². The maximum atomic E-state index is 13.5. The number of ether oxygens (including phenoxy) is 2. The van der Waals surface area contributed by atoms with Crippen molar-refractivity contribution in [3.8, 4) is 5.75 Å². The van der Waals surface area contributed by atoms with Crippen LogP contribution in [0.25, 0.3) is 0 Å². The molecule has 1 saturated heterocycles. The first-order valence-electron chi connectivity index (χ1n) is 11.9. The van der Waals surface area contributed by atoms with Gasteiger partial charge >= 0.3 is 0 Å². The van der Waals surface area contributed by atoms with E-state index in [-0.39, 0.29) is 30.5 Å². The number of aryl methyl sites for hydroxylation is 2. The maximum absolute atomic E-state index is 13.5. The molecule has 2 aliphatic rings. The van der Waals surface area contributed by atoms with Crippen LogP contribution in [0, 0.1) is 13.8 Å². The Balaban J connectivity index is 1.49. The van der Waals surface area contributed by atoms with E-state index in [1.165, 1.54) is 10.4 Å². The number of carbonyl (C=O) groups excluding carboxylic acids is 2. The zero-order valence-electron chi connectivity index (χ0n) is 19.8. The average Bonchev–Trinajstić information content (AvgIpc) is 3.49. The van der Waals surface area contributed by atoms with Crippen molar-refractivity contribution in [3.63, 3.8) is 0 Å². The molecule has 0 spiro atoms. The molecule has 6 nitrogen and oxygen atoms in total. The van der Waals surface area contributed by atoms with E-state index in [0.29, 0.717) is 26.1 Å². The molecule has 0 N–H and O–H groups in total. The van der Waals surface area contributed by atoms with Gasteiger partial charge in [0, 0.05) is 31.0 Å². The monoisotopic (exact) mass is 470 g/mol. The van der Waals surface area contributed by atoms with Crippen LogP contribution in [0.3, 0.4) is 0 Å². The second-order valence-electron chi connectivity index (χ2n) is 8.99. The minimum atomic E-state index is -0.158. The number of thiophene rings is 1. The summed E-state index contributed by atoms with van der Waals surface area (Å²) < 4.78 is 12.0. The highest BCUT2D eigenvalue weighted by molar-refractivity contribution is 7.10. The smallest absolute Gasteiger partial charge is 0.242 e. The molecular formula is C26H34N2O4S. The molecule has 0 bridgehead atoms. The summed E-state index contributed by atoms with van der Waals surface area (Å²) in [5.41, 5.74) is 3.45. The van der Waals surface area contributed by atoms with Gasteiger partial charge in [-0.1, -0.05) is 24.6 Å². The van der Waals surface area contributed by atoms with Gasteiger partial charge in [-0.2, -0.15) is 0 Å². The van der Waals surface area contributed by atoms with Gasteiger partial charge in [-0.3, -0.25) is 9.59 Å². The van der Waals surface area contributed by atoms with Gasteiger partial charge in [-0.25, -0.2) is 0 Å². The number of carbonyl (C=O) groups is 2. The Morgan fingerprint density at radius 2 is 2.12 bits per heavy atom. The van der Waals surface area contributed by atoms with Crippen LogP contribution in [-0.2, 0) is 20.7 Å². The fourth-order valence-corrected chi connectivity index (χ4v) is 5.70. The Hall–Kier alpha value is -2.38. The molecule has 0 saturated carbocycles. The first-order chi connectivity index (χ1) is 16.0. The summed E-state index contributed by atoms with van der Waals surface area (Å²) in [5, 5.41) is 2.09. The second-order valence-corrected chi connectivity index (χ2v) is 10.00. The van der Waals surface area contributed by atoms with Crippen molar-refractivity contribution >= 4 is 23.2 Å². The largest absolute Gasteiger partial charge is 0.491 e. The lowest BCUT2D eigenvalue weighted by Gasteiger charge is -2.37. The van der Waals surface area contributed by atoms with E-state index in [1.54, 1.807) is 16.2 Å². The summed E-state index contributed by atoms with van der Waals surface area (Å²) in [6, 6.07) is 8.10. The first-order valence-corrected chi connectivity index (χ1v) is 12.8. The van der Waals surface area contributed by atoms with Crippen molar-refractivity contribution in [2.24, 2.45) is 0 Å². The number of fused-ring (bicyclic) bond motifs is 1. The van der Waals surface area contributed by atoms with Crippen LogP contribution in [0.1, 0.15) is 53.8 Å². The molecule has 1 aromatic heterocycles. The molecular weight excluding hydrogens is 436 g/mol. The SMILES string of the molecule is CCC(=O)N(CC(=O)N1CCc2sccc2[C@H]1COc1ccc(C)cc1C)C[C@@H]1CCCO1. The number of benzene rings is 1. The van der Waals surface area contributed by atoms with Crippen LogP contribution in [-0.4, -0.2) is 60.6 Å². The van der Waals surface area contributed by atoms with Crippen molar-refractivity contribution in [2.75, 3.05) is 32.8 Å². The quantitative estimate of drug-likeness (QED) is 0.578. The van der Waals surface area contributed by atoms with Gasteiger partial charge in [0.15, 0.2) is 0 Å². The van der Waals surface area contributed by atoms with Crippen LogP contribution in [0.5, 0.6) is 5.75 Å². The van der Waals surface area contributed by atoms with Gasteiger partial charge in [-0.05, 0) is 61.7 Å². The van der Waals surface area contributed by atoms with Crippen LogP contribution in [0.15, 0.2) is 29.6 Å².